The van der Waals surface area contributed by atoms with Crippen molar-refractivity contribution in [3.63, 3.8) is 0 Å². The van der Waals surface area contributed by atoms with E-state index in [2.05, 4.69) is 4.98 Å². The Bertz CT molecular complexity index is 464. The van der Waals surface area contributed by atoms with Crippen LogP contribution in [0.5, 0.6) is 0 Å². The predicted octanol–water partition coefficient (Wildman–Crippen LogP) is 0.569. The first-order valence-corrected chi connectivity index (χ1v) is 5.91. The monoisotopic (exact) mass is 251 g/mol. The van der Waals surface area contributed by atoms with Crippen LogP contribution in [0.2, 0.25) is 0 Å². The first-order chi connectivity index (χ1) is 8.49. The summed E-state index contributed by atoms with van der Waals surface area (Å²) in [5, 5.41) is 18.8. The van der Waals surface area contributed by atoms with Crippen LogP contribution in [0.3, 0.4) is 0 Å². The van der Waals surface area contributed by atoms with Crippen molar-refractivity contribution in [1.82, 2.24) is 4.98 Å². The number of piperidine rings is 1. The van der Waals surface area contributed by atoms with E-state index in [1.807, 2.05) is 11.8 Å². The molecule has 0 saturated carbocycles. The van der Waals surface area contributed by atoms with Crippen LogP contribution in [0.15, 0.2) is 12.3 Å². The number of hydrogen-bond donors (Lipinski definition) is 3. The molecule has 1 saturated heterocycles. The maximum absolute atomic E-state index is 11.0. The van der Waals surface area contributed by atoms with E-state index in [0.29, 0.717) is 12.4 Å². The molecule has 0 bridgehead atoms. The number of aliphatic hydroxyl groups is 1. The zero-order valence-electron chi connectivity index (χ0n) is 10.2. The summed E-state index contributed by atoms with van der Waals surface area (Å²) in [5.74, 6) is -0.261. The molecule has 2 atom stereocenters. The minimum Gasteiger partial charge on any atom is -0.478 e. The van der Waals surface area contributed by atoms with Gasteiger partial charge in [-0.3, -0.25) is 0 Å². The maximum Gasteiger partial charge on any atom is 0.337 e. The summed E-state index contributed by atoms with van der Waals surface area (Å²) < 4.78 is 0. The van der Waals surface area contributed by atoms with Crippen molar-refractivity contribution in [3.8, 4) is 0 Å². The number of anilines is 2. The number of rotatable bonds is 2. The van der Waals surface area contributed by atoms with Gasteiger partial charge in [-0.1, -0.05) is 6.92 Å². The fourth-order valence-corrected chi connectivity index (χ4v) is 2.07. The number of nitrogens with zero attached hydrogens (tertiary/aromatic N) is 2. The molecule has 0 amide bonds. The van der Waals surface area contributed by atoms with Gasteiger partial charge < -0.3 is 20.8 Å². The molecule has 18 heavy (non-hydrogen) atoms. The van der Waals surface area contributed by atoms with Crippen LogP contribution >= 0.6 is 0 Å². The normalized spacial score (nSPS) is 24.0. The number of hydrogen-bond acceptors (Lipinski definition) is 5. The number of aromatic carboxylic acids is 1. The molecule has 4 N–H and O–H groups in total. The third-order valence-electron chi connectivity index (χ3n) is 3.39. The minimum absolute atomic E-state index is 0.0492. The summed E-state index contributed by atoms with van der Waals surface area (Å²) in [7, 11) is 0. The standard InChI is InChI=1S/C12H17N3O3/c1-7-2-3-15(6-10(7)16)11-4-8(12(17)18)9(13)5-14-11/h4-5,7,10,16H,2-3,6,13H2,1H3,(H,17,18). The third-order valence-corrected chi connectivity index (χ3v) is 3.39. The van der Waals surface area contributed by atoms with E-state index in [1.165, 1.54) is 12.3 Å². The van der Waals surface area contributed by atoms with Crippen molar-refractivity contribution >= 4 is 17.5 Å². The highest BCUT2D eigenvalue weighted by molar-refractivity contribution is 5.94. The van der Waals surface area contributed by atoms with Crippen molar-refractivity contribution in [2.75, 3.05) is 23.7 Å². The maximum atomic E-state index is 11.0. The van der Waals surface area contributed by atoms with Crippen LogP contribution in [0.25, 0.3) is 0 Å². The molecule has 6 nitrogen and oxygen atoms in total. The molecule has 0 aromatic carbocycles. The van der Waals surface area contributed by atoms with Crippen molar-refractivity contribution in [2.24, 2.45) is 5.92 Å². The molecular weight excluding hydrogens is 234 g/mol. The molecule has 1 aromatic heterocycles. The number of pyridine rings is 1. The first kappa shape index (κ1) is 12.6. The van der Waals surface area contributed by atoms with Gasteiger partial charge in [-0.25, -0.2) is 9.78 Å². The minimum atomic E-state index is -1.07. The van der Waals surface area contributed by atoms with Crippen molar-refractivity contribution in [2.45, 2.75) is 19.4 Å². The number of carbonyl (C=O) groups is 1. The summed E-state index contributed by atoms with van der Waals surface area (Å²) in [6.45, 7) is 3.23. The van der Waals surface area contributed by atoms with Gasteiger partial charge in [0.05, 0.1) is 23.6 Å². The van der Waals surface area contributed by atoms with E-state index in [1.54, 1.807) is 0 Å². The zero-order chi connectivity index (χ0) is 13.3. The van der Waals surface area contributed by atoms with Gasteiger partial charge >= 0.3 is 5.97 Å². The second-order valence-corrected chi connectivity index (χ2v) is 4.71. The number of nitrogens with two attached hydrogens (primary N) is 1. The number of carboxylic acids is 1. The average Bonchev–Trinajstić information content (AvgIpc) is 2.33. The lowest BCUT2D eigenvalue weighted by molar-refractivity contribution is 0.0698. The van der Waals surface area contributed by atoms with Crippen LogP contribution in [-0.2, 0) is 0 Å². The van der Waals surface area contributed by atoms with Gasteiger partial charge in [-0.2, -0.15) is 0 Å². The molecule has 2 unspecified atom stereocenters. The highest BCUT2D eigenvalue weighted by Gasteiger charge is 2.25. The smallest absolute Gasteiger partial charge is 0.337 e. The zero-order valence-corrected chi connectivity index (χ0v) is 10.2. The van der Waals surface area contributed by atoms with E-state index in [-0.39, 0.29) is 17.2 Å². The van der Waals surface area contributed by atoms with Crippen LogP contribution in [0.1, 0.15) is 23.7 Å². The van der Waals surface area contributed by atoms with E-state index in [0.717, 1.165) is 13.0 Å². The Labute approximate surface area is 105 Å². The van der Waals surface area contributed by atoms with Gasteiger partial charge in [0, 0.05) is 13.1 Å². The van der Waals surface area contributed by atoms with Gasteiger partial charge in [-0.05, 0) is 18.4 Å². The van der Waals surface area contributed by atoms with Crippen molar-refractivity contribution in [1.29, 1.82) is 0 Å². The SMILES string of the molecule is CC1CCN(c2cc(C(=O)O)c(N)cn2)CC1O. The van der Waals surface area contributed by atoms with Gasteiger partial charge in [0.2, 0.25) is 0 Å². The lowest BCUT2D eigenvalue weighted by Gasteiger charge is -2.35. The Morgan fingerprint density at radius 1 is 1.61 bits per heavy atom. The Balaban J connectivity index is 2.24. The van der Waals surface area contributed by atoms with Gasteiger partial charge in [0.1, 0.15) is 5.82 Å². The summed E-state index contributed by atoms with van der Waals surface area (Å²) in [5.41, 5.74) is 5.76. The van der Waals surface area contributed by atoms with E-state index in [4.69, 9.17) is 10.8 Å². The topological polar surface area (TPSA) is 99.7 Å². The van der Waals surface area contributed by atoms with E-state index in [9.17, 15) is 9.90 Å². The third kappa shape index (κ3) is 2.38. The van der Waals surface area contributed by atoms with Crippen LogP contribution in [0.4, 0.5) is 11.5 Å². The Hall–Kier alpha value is -1.82. The summed E-state index contributed by atoms with van der Waals surface area (Å²) in [6.07, 6.45) is 1.80. The highest BCUT2D eigenvalue weighted by atomic mass is 16.4. The van der Waals surface area contributed by atoms with Crippen LogP contribution in [0, 0.1) is 5.92 Å². The largest absolute Gasteiger partial charge is 0.478 e. The summed E-state index contributed by atoms with van der Waals surface area (Å²) >= 11 is 0. The molecule has 1 aliphatic rings. The Kier molecular flexibility index (Phi) is 3.38. The number of aromatic nitrogens is 1. The second-order valence-electron chi connectivity index (χ2n) is 4.71. The van der Waals surface area contributed by atoms with Gasteiger partial charge in [0.25, 0.3) is 0 Å². The quantitative estimate of drug-likeness (QED) is 0.710. The average molecular weight is 251 g/mol. The molecule has 98 valence electrons. The first-order valence-electron chi connectivity index (χ1n) is 5.91. The van der Waals surface area contributed by atoms with Crippen molar-refractivity contribution in [3.05, 3.63) is 17.8 Å². The predicted molar refractivity (Wildman–Crippen MR) is 67.6 cm³/mol. The van der Waals surface area contributed by atoms with Crippen molar-refractivity contribution < 1.29 is 15.0 Å². The van der Waals surface area contributed by atoms with Crippen LogP contribution < -0.4 is 10.6 Å². The Morgan fingerprint density at radius 3 is 2.94 bits per heavy atom. The molecule has 0 spiro atoms. The summed E-state index contributed by atoms with van der Waals surface area (Å²) in [4.78, 5) is 17.0. The Morgan fingerprint density at radius 2 is 2.33 bits per heavy atom. The molecule has 1 fully saturated rings. The number of nitrogen functional groups attached to an aromatic ring is 1. The molecule has 2 rings (SSSR count). The molecule has 1 aromatic rings. The fraction of sp³-hybridized carbons (Fsp3) is 0.500. The molecular formula is C12H17N3O3. The molecule has 1 aliphatic heterocycles. The molecule has 2 heterocycles. The van der Waals surface area contributed by atoms with E-state index < -0.39 is 12.1 Å². The van der Waals surface area contributed by atoms with Gasteiger partial charge in [-0.15, -0.1) is 0 Å². The van der Waals surface area contributed by atoms with E-state index >= 15 is 0 Å². The molecule has 6 heteroatoms. The number of aliphatic hydroxyl groups excluding tert-OH is 1. The molecule has 0 aliphatic carbocycles. The van der Waals surface area contributed by atoms with Crippen LogP contribution in [-0.4, -0.2) is 40.4 Å². The summed E-state index contributed by atoms with van der Waals surface area (Å²) in [6, 6.07) is 1.46. The fourth-order valence-electron chi connectivity index (χ4n) is 2.07. The molecule has 0 radical (unpaired) electrons. The second kappa shape index (κ2) is 4.81. The number of β-amino-alcohol motifs (C(OH)–C–C–N with tert-alkyl or cyclic N) is 1. The lowest BCUT2D eigenvalue weighted by Crippen LogP contribution is -2.43. The highest BCUT2D eigenvalue weighted by Crippen LogP contribution is 2.24. The lowest BCUT2D eigenvalue weighted by atomic mass is 9.96. The van der Waals surface area contributed by atoms with Gasteiger partial charge in [0.15, 0.2) is 0 Å². The number of carboxylic acid groups (broad SMARTS) is 1.